The van der Waals surface area contributed by atoms with Crippen LogP contribution in [0.4, 0.5) is 4.39 Å². The second kappa shape index (κ2) is 6.75. The molecular formula is C17H18FN3O2. The molecule has 1 aromatic heterocycles. The van der Waals surface area contributed by atoms with Gasteiger partial charge in [0.05, 0.1) is 18.3 Å². The summed E-state index contributed by atoms with van der Waals surface area (Å²) in [4.78, 5) is 17.6. The summed E-state index contributed by atoms with van der Waals surface area (Å²) in [6, 6.07) is 11.6. The van der Waals surface area contributed by atoms with Crippen LogP contribution in [-0.2, 0) is 4.79 Å². The maximum absolute atomic E-state index is 13.7. The van der Waals surface area contributed by atoms with E-state index < -0.39 is 5.82 Å². The highest BCUT2D eigenvalue weighted by molar-refractivity contribution is 5.76. The molecule has 0 saturated carbocycles. The Morgan fingerprint density at radius 1 is 1.30 bits per heavy atom. The highest BCUT2D eigenvalue weighted by atomic mass is 19.1. The van der Waals surface area contributed by atoms with E-state index in [0.717, 1.165) is 25.1 Å². The number of halogens is 1. The number of aromatic nitrogens is 1. The molecule has 0 bridgehead atoms. The highest BCUT2D eigenvalue weighted by Gasteiger charge is 2.28. The number of pyridine rings is 1. The number of para-hydroxylation sites is 1. The van der Waals surface area contributed by atoms with Gasteiger partial charge in [0.2, 0.25) is 11.8 Å². The summed E-state index contributed by atoms with van der Waals surface area (Å²) in [5.41, 5.74) is 6.10. The minimum atomic E-state index is -0.434. The van der Waals surface area contributed by atoms with Gasteiger partial charge in [0.25, 0.3) is 0 Å². The standard InChI is InChI=1S/C17H18FN3O2/c18-12-5-1-2-8-15(12)23-17-9-3-6-13(20-17)14-7-4-10-21(14)11-16(19)22/h1-3,5-6,8-9,14H,4,7,10-11H2,(H2,19,22)/t14-/m0/s1. The summed E-state index contributed by atoms with van der Waals surface area (Å²) in [5.74, 6) is -0.317. The van der Waals surface area contributed by atoms with Crippen LogP contribution in [0, 0.1) is 5.82 Å². The molecule has 23 heavy (non-hydrogen) atoms. The first kappa shape index (κ1) is 15.4. The summed E-state index contributed by atoms with van der Waals surface area (Å²) in [6.45, 7) is 1.03. The van der Waals surface area contributed by atoms with Gasteiger partial charge in [-0.05, 0) is 37.6 Å². The van der Waals surface area contributed by atoms with Crippen LogP contribution >= 0.6 is 0 Å². The topological polar surface area (TPSA) is 68.5 Å². The van der Waals surface area contributed by atoms with E-state index in [1.807, 2.05) is 17.0 Å². The Bertz CT molecular complexity index is 708. The van der Waals surface area contributed by atoms with Gasteiger partial charge in [-0.25, -0.2) is 9.37 Å². The number of benzene rings is 1. The van der Waals surface area contributed by atoms with Crippen molar-refractivity contribution < 1.29 is 13.9 Å². The van der Waals surface area contributed by atoms with Crippen molar-refractivity contribution in [3.05, 3.63) is 54.0 Å². The van der Waals surface area contributed by atoms with E-state index in [4.69, 9.17) is 10.5 Å². The lowest BCUT2D eigenvalue weighted by Gasteiger charge is -2.22. The summed E-state index contributed by atoms with van der Waals surface area (Å²) in [5, 5.41) is 0. The average molecular weight is 315 g/mol. The third-order valence-electron chi connectivity index (χ3n) is 3.86. The first-order chi connectivity index (χ1) is 11.1. The molecule has 2 aromatic rings. The van der Waals surface area contributed by atoms with Crippen LogP contribution in [0.15, 0.2) is 42.5 Å². The third-order valence-corrected chi connectivity index (χ3v) is 3.86. The minimum absolute atomic E-state index is 0.0340. The smallest absolute Gasteiger partial charge is 0.231 e. The van der Waals surface area contributed by atoms with Crippen LogP contribution in [0.2, 0.25) is 0 Å². The van der Waals surface area contributed by atoms with E-state index in [-0.39, 0.29) is 24.2 Å². The first-order valence-corrected chi connectivity index (χ1v) is 7.55. The lowest BCUT2D eigenvalue weighted by molar-refractivity contribution is -0.119. The van der Waals surface area contributed by atoms with Crippen LogP contribution in [0.25, 0.3) is 0 Å². The molecule has 0 radical (unpaired) electrons. The van der Waals surface area contributed by atoms with Crippen molar-refractivity contribution in [3.63, 3.8) is 0 Å². The van der Waals surface area contributed by atoms with Crippen molar-refractivity contribution in [2.24, 2.45) is 5.73 Å². The van der Waals surface area contributed by atoms with Gasteiger partial charge in [0, 0.05) is 6.07 Å². The molecule has 1 aliphatic heterocycles. The van der Waals surface area contributed by atoms with E-state index in [0.29, 0.717) is 5.88 Å². The number of nitrogens with zero attached hydrogens (tertiary/aromatic N) is 2. The van der Waals surface area contributed by atoms with Gasteiger partial charge >= 0.3 is 0 Å². The van der Waals surface area contributed by atoms with Crippen molar-refractivity contribution in [1.29, 1.82) is 0 Å². The molecule has 0 unspecified atom stereocenters. The molecule has 2 heterocycles. The van der Waals surface area contributed by atoms with Gasteiger partial charge in [-0.3, -0.25) is 9.69 Å². The molecule has 3 rings (SSSR count). The quantitative estimate of drug-likeness (QED) is 0.921. The molecule has 0 spiro atoms. The van der Waals surface area contributed by atoms with Gasteiger partial charge in [-0.2, -0.15) is 0 Å². The van der Waals surface area contributed by atoms with Crippen LogP contribution in [0.5, 0.6) is 11.6 Å². The molecule has 1 atom stereocenters. The molecular weight excluding hydrogens is 297 g/mol. The second-order valence-electron chi connectivity index (χ2n) is 5.53. The van der Waals surface area contributed by atoms with E-state index in [1.54, 1.807) is 24.3 Å². The van der Waals surface area contributed by atoms with Crippen molar-refractivity contribution in [2.75, 3.05) is 13.1 Å². The number of hydrogen-bond acceptors (Lipinski definition) is 4. The van der Waals surface area contributed by atoms with Crippen LogP contribution in [0.1, 0.15) is 24.6 Å². The Morgan fingerprint density at radius 2 is 2.13 bits per heavy atom. The Hall–Kier alpha value is -2.47. The fraction of sp³-hybridized carbons (Fsp3) is 0.294. The fourth-order valence-electron chi connectivity index (χ4n) is 2.86. The van der Waals surface area contributed by atoms with E-state index in [1.165, 1.54) is 6.07 Å². The number of carbonyl (C=O) groups excluding carboxylic acids is 1. The van der Waals surface area contributed by atoms with Crippen molar-refractivity contribution in [3.8, 4) is 11.6 Å². The SMILES string of the molecule is NC(=O)CN1CCC[C@H]1c1cccc(Oc2ccccc2F)n1. The molecule has 5 nitrogen and oxygen atoms in total. The lowest BCUT2D eigenvalue weighted by atomic mass is 10.1. The second-order valence-corrected chi connectivity index (χ2v) is 5.53. The zero-order valence-electron chi connectivity index (χ0n) is 12.6. The van der Waals surface area contributed by atoms with E-state index in [9.17, 15) is 9.18 Å². The van der Waals surface area contributed by atoms with E-state index >= 15 is 0 Å². The summed E-state index contributed by atoms with van der Waals surface area (Å²) < 4.78 is 19.2. The van der Waals surface area contributed by atoms with Crippen molar-refractivity contribution in [1.82, 2.24) is 9.88 Å². The number of hydrogen-bond donors (Lipinski definition) is 1. The Labute approximate surface area is 133 Å². The molecule has 1 amide bonds. The number of primary amides is 1. The van der Waals surface area contributed by atoms with Gasteiger partial charge in [0.1, 0.15) is 0 Å². The Kier molecular flexibility index (Phi) is 4.52. The molecule has 1 aromatic carbocycles. The molecule has 0 aliphatic carbocycles. The zero-order valence-corrected chi connectivity index (χ0v) is 12.6. The summed E-state index contributed by atoms with van der Waals surface area (Å²) in [6.07, 6.45) is 1.89. The lowest BCUT2D eigenvalue weighted by Crippen LogP contribution is -2.33. The van der Waals surface area contributed by atoms with E-state index in [2.05, 4.69) is 4.98 Å². The molecule has 2 N–H and O–H groups in total. The minimum Gasteiger partial charge on any atom is -0.436 e. The third kappa shape index (κ3) is 3.65. The van der Waals surface area contributed by atoms with Gasteiger partial charge in [-0.15, -0.1) is 0 Å². The number of carbonyl (C=O) groups is 1. The molecule has 1 fully saturated rings. The molecule has 1 saturated heterocycles. The molecule has 6 heteroatoms. The number of likely N-dealkylation sites (tertiary alicyclic amines) is 1. The van der Waals surface area contributed by atoms with Crippen LogP contribution in [-0.4, -0.2) is 28.9 Å². The number of rotatable bonds is 5. The maximum Gasteiger partial charge on any atom is 0.231 e. The summed E-state index contributed by atoms with van der Waals surface area (Å²) in [7, 11) is 0. The summed E-state index contributed by atoms with van der Waals surface area (Å²) >= 11 is 0. The predicted molar refractivity (Wildman–Crippen MR) is 83.5 cm³/mol. The Morgan fingerprint density at radius 3 is 2.91 bits per heavy atom. The normalized spacial score (nSPS) is 18.0. The van der Waals surface area contributed by atoms with Crippen molar-refractivity contribution in [2.45, 2.75) is 18.9 Å². The number of nitrogens with two attached hydrogens (primary N) is 1. The van der Waals surface area contributed by atoms with Crippen molar-refractivity contribution >= 4 is 5.91 Å². The fourth-order valence-corrected chi connectivity index (χ4v) is 2.86. The molecule has 120 valence electrons. The van der Waals surface area contributed by atoms with Gasteiger partial charge in [0.15, 0.2) is 11.6 Å². The number of ether oxygens (including phenoxy) is 1. The molecule has 1 aliphatic rings. The highest BCUT2D eigenvalue weighted by Crippen LogP contribution is 2.32. The number of amides is 1. The zero-order chi connectivity index (χ0) is 16.2. The monoisotopic (exact) mass is 315 g/mol. The van der Waals surface area contributed by atoms with Gasteiger partial charge < -0.3 is 10.5 Å². The Balaban J connectivity index is 1.80. The van der Waals surface area contributed by atoms with Gasteiger partial charge in [-0.1, -0.05) is 18.2 Å². The first-order valence-electron chi connectivity index (χ1n) is 7.55. The predicted octanol–water partition coefficient (Wildman–Crippen LogP) is 2.64. The average Bonchev–Trinajstić information content (AvgIpc) is 2.97. The largest absolute Gasteiger partial charge is 0.436 e. The van der Waals surface area contributed by atoms with Crippen LogP contribution < -0.4 is 10.5 Å². The van der Waals surface area contributed by atoms with Crippen LogP contribution in [0.3, 0.4) is 0 Å². The maximum atomic E-state index is 13.7.